The third-order valence-electron chi connectivity index (χ3n) is 1.68. The molecule has 0 rings (SSSR count). The number of amidine groups is 1. The molecule has 0 heterocycles. The molecular weight excluding hydrogens is 178 g/mol. The van der Waals surface area contributed by atoms with Gasteiger partial charge in [0.25, 0.3) is 0 Å². The Hall–Kier alpha value is -1.10. The SMILES string of the molecule is C/C(N)=N/C(N)=NCCCCCCN. The molecule has 5 nitrogen and oxygen atoms in total. The fourth-order valence-corrected chi connectivity index (χ4v) is 1.02. The average Bonchev–Trinajstić information content (AvgIpc) is 2.10. The third kappa shape index (κ3) is 8.99. The van der Waals surface area contributed by atoms with E-state index in [-0.39, 0.29) is 5.96 Å². The second kappa shape index (κ2) is 8.50. The van der Waals surface area contributed by atoms with Gasteiger partial charge >= 0.3 is 0 Å². The highest BCUT2D eigenvalue weighted by molar-refractivity contribution is 5.93. The lowest BCUT2D eigenvalue weighted by Crippen LogP contribution is -2.16. The van der Waals surface area contributed by atoms with Gasteiger partial charge in [0.05, 0.1) is 5.84 Å². The van der Waals surface area contributed by atoms with E-state index < -0.39 is 0 Å². The summed E-state index contributed by atoms with van der Waals surface area (Å²) in [5.41, 5.74) is 16.2. The van der Waals surface area contributed by atoms with Crippen molar-refractivity contribution in [1.29, 1.82) is 0 Å². The number of nitrogens with two attached hydrogens (primary N) is 3. The maximum absolute atomic E-state index is 5.48. The summed E-state index contributed by atoms with van der Waals surface area (Å²) in [6.07, 6.45) is 4.41. The summed E-state index contributed by atoms with van der Waals surface area (Å²) >= 11 is 0. The molecule has 0 atom stereocenters. The molecule has 0 aliphatic carbocycles. The number of rotatable bonds is 6. The van der Waals surface area contributed by atoms with Crippen molar-refractivity contribution in [3.63, 3.8) is 0 Å². The highest BCUT2D eigenvalue weighted by Gasteiger charge is 1.90. The topological polar surface area (TPSA) is 103 Å². The van der Waals surface area contributed by atoms with Gasteiger partial charge in [-0.15, -0.1) is 0 Å². The van der Waals surface area contributed by atoms with Crippen molar-refractivity contribution in [2.45, 2.75) is 32.6 Å². The normalized spacial score (nSPS) is 13.3. The minimum Gasteiger partial charge on any atom is -0.387 e. The number of nitrogens with zero attached hydrogens (tertiary/aromatic N) is 2. The van der Waals surface area contributed by atoms with Crippen LogP contribution in [0.15, 0.2) is 9.98 Å². The number of aliphatic imine (C=N–C) groups is 2. The number of unbranched alkanes of at least 4 members (excludes halogenated alkanes) is 3. The maximum Gasteiger partial charge on any atom is 0.216 e. The van der Waals surface area contributed by atoms with E-state index >= 15 is 0 Å². The summed E-state index contributed by atoms with van der Waals surface area (Å²) in [5, 5.41) is 0. The van der Waals surface area contributed by atoms with Gasteiger partial charge in [-0.05, 0) is 26.3 Å². The quantitative estimate of drug-likeness (QED) is 0.323. The summed E-state index contributed by atoms with van der Waals surface area (Å²) in [5.74, 6) is 0.707. The molecule has 0 aromatic heterocycles. The smallest absolute Gasteiger partial charge is 0.216 e. The van der Waals surface area contributed by atoms with Crippen LogP contribution in [0, 0.1) is 0 Å². The number of hydrogen-bond donors (Lipinski definition) is 3. The van der Waals surface area contributed by atoms with Crippen LogP contribution in [0.3, 0.4) is 0 Å². The molecule has 82 valence electrons. The molecule has 0 saturated carbocycles. The fraction of sp³-hybridized carbons (Fsp3) is 0.778. The van der Waals surface area contributed by atoms with Gasteiger partial charge in [0.2, 0.25) is 5.96 Å². The standard InChI is InChI=1S/C9H21N5/c1-8(11)14-9(12)13-7-5-3-2-4-6-10/h2-7,10H2,1H3,(H4,11,12,13,14). The molecule has 0 radical (unpaired) electrons. The lowest BCUT2D eigenvalue weighted by Gasteiger charge is -1.97. The van der Waals surface area contributed by atoms with Gasteiger partial charge in [-0.1, -0.05) is 12.8 Å². The van der Waals surface area contributed by atoms with Crippen LogP contribution in [0.5, 0.6) is 0 Å². The Bertz CT molecular complexity index is 193. The number of hydrogen-bond acceptors (Lipinski definition) is 2. The Morgan fingerprint density at radius 1 is 1.07 bits per heavy atom. The molecule has 0 fully saturated rings. The molecule has 0 unspecified atom stereocenters. The van der Waals surface area contributed by atoms with E-state index in [2.05, 4.69) is 9.98 Å². The molecule has 0 aliphatic heterocycles. The van der Waals surface area contributed by atoms with E-state index in [0.29, 0.717) is 12.4 Å². The highest BCUT2D eigenvalue weighted by atomic mass is 15.1. The van der Waals surface area contributed by atoms with Crippen LogP contribution in [-0.4, -0.2) is 24.9 Å². The highest BCUT2D eigenvalue weighted by Crippen LogP contribution is 1.98. The van der Waals surface area contributed by atoms with Gasteiger partial charge in [0.1, 0.15) is 0 Å². The molecular formula is C9H21N5. The molecule has 0 amide bonds. The molecule has 0 bridgehead atoms. The minimum atomic E-state index is 0.267. The molecule has 0 saturated heterocycles. The number of guanidine groups is 1. The Kier molecular flexibility index (Phi) is 7.83. The third-order valence-corrected chi connectivity index (χ3v) is 1.68. The second-order valence-corrected chi connectivity index (χ2v) is 3.20. The van der Waals surface area contributed by atoms with Gasteiger partial charge < -0.3 is 17.2 Å². The van der Waals surface area contributed by atoms with Crippen LogP contribution in [0.25, 0.3) is 0 Å². The predicted molar refractivity (Wildman–Crippen MR) is 61.3 cm³/mol. The van der Waals surface area contributed by atoms with Gasteiger partial charge in [-0.2, -0.15) is 0 Å². The summed E-state index contributed by atoms with van der Waals surface area (Å²) < 4.78 is 0. The summed E-state index contributed by atoms with van der Waals surface area (Å²) in [4.78, 5) is 7.87. The van der Waals surface area contributed by atoms with Gasteiger partial charge in [0.15, 0.2) is 0 Å². The van der Waals surface area contributed by atoms with Crippen LogP contribution in [0.1, 0.15) is 32.6 Å². The molecule has 6 N–H and O–H groups in total. The largest absolute Gasteiger partial charge is 0.387 e. The first-order chi connectivity index (χ1) is 6.66. The summed E-state index contributed by atoms with van der Waals surface area (Å²) in [7, 11) is 0. The Morgan fingerprint density at radius 3 is 2.29 bits per heavy atom. The van der Waals surface area contributed by atoms with Crippen LogP contribution in [0.4, 0.5) is 0 Å². The van der Waals surface area contributed by atoms with E-state index in [1.807, 2.05) is 0 Å². The van der Waals surface area contributed by atoms with Crippen molar-refractivity contribution in [2.24, 2.45) is 27.2 Å². The van der Waals surface area contributed by atoms with Crippen LogP contribution in [-0.2, 0) is 0 Å². The Balaban J connectivity index is 3.47. The van der Waals surface area contributed by atoms with Gasteiger partial charge in [0, 0.05) is 6.54 Å². The van der Waals surface area contributed by atoms with Crippen molar-refractivity contribution < 1.29 is 0 Å². The van der Waals surface area contributed by atoms with E-state index in [1.165, 1.54) is 0 Å². The molecule has 0 aromatic carbocycles. The molecule has 5 heteroatoms. The lowest BCUT2D eigenvalue weighted by molar-refractivity contribution is 0.653. The second-order valence-electron chi connectivity index (χ2n) is 3.20. The van der Waals surface area contributed by atoms with Crippen molar-refractivity contribution in [3.8, 4) is 0 Å². The summed E-state index contributed by atoms with van der Waals surface area (Å²) in [6.45, 7) is 3.17. The molecule has 14 heavy (non-hydrogen) atoms. The Morgan fingerprint density at radius 2 is 1.71 bits per heavy atom. The Labute approximate surface area is 85.5 Å². The van der Waals surface area contributed by atoms with Gasteiger partial charge in [-0.25, -0.2) is 4.99 Å². The van der Waals surface area contributed by atoms with E-state index in [1.54, 1.807) is 6.92 Å². The van der Waals surface area contributed by atoms with Crippen molar-refractivity contribution >= 4 is 11.8 Å². The first kappa shape index (κ1) is 12.9. The van der Waals surface area contributed by atoms with Crippen molar-refractivity contribution in [2.75, 3.05) is 13.1 Å². The minimum absolute atomic E-state index is 0.267. The van der Waals surface area contributed by atoms with Gasteiger partial charge in [-0.3, -0.25) is 4.99 Å². The lowest BCUT2D eigenvalue weighted by atomic mass is 10.2. The zero-order chi connectivity index (χ0) is 10.8. The van der Waals surface area contributed by atoms with Crippen molar-refractivity contribution in [3.05, 3.63) is 0 Å². The predicted octanol–water partition coefficient (Wildman–Crippen LogP) is 0.197. The zero-order valence-electron chi connectivity index (χ0n) is 8.87. The first-order valence-electron chi connectivity index (χ1n) is 4.97. The van der Waals surface area contributed by atoms with Crippen LogP contribution >= 0.6 is 0 Å². The van der Waals surface area contributed by atoms with Crippen LogP contribution < -0.4 is 17.2 Å². The van der Waals surface area contributed by atoms with E-state index in [9.17, 15) is 0 Å². The first-order valence-corrected chi connectivity index (χ1v) is 4.97. The van der Waals surface area contributed by atoms with Crippen molar-refractivity contribution in [1.82, 2.24) is 0 Å². The molecule has 0 aliphatic rings. The maximum atomic E-state index is 5.48. The van der Waals surface area contributed by atoms with E-state index in [4.69, 9.17) is 17.2 Å². The molecule has 0 spiro atoms. The zero-order valence-corrected chi connectivity index (χ0v) is 8.87. The van der Waals surface area contributed by atoms with E-state index in [0.717, 1.165) is 32.2 Å². The molecule has 0 aromatic rings. The fourth-order valence-electron chi connectivity index (χ4n) is 1.02. The monoisotopic (exact) mass is 199 g/mol. The summed E-state index contributed by atoms with van der Waals surface area (Å²) in [6, 6.07) is 0. The van der Waals surface area contributed by atoms with Crippen LogP contribution in [0.2, 0.25) is 0 Å². The average molecular weight is 199 g/mol.